The van der Waals surface area contributed by atoms with Crippen LogP contribution in [-0.2, 0) is 9.53 Å². The smallest absolute Gasteiger partial charge is 0.337 e. The van der Waals surface area contributed by atoms with Gasteiger partial charge in [0.05, 0.1) is 60.1 Å². The second kappa shape index (κ2) is 12.4. The summed E-state index contributed by atoms with van der Waals surface area (Å²) < 4.78 is 29.6. The van der Waals surface area contributed by atoms with E-state index in [0.717, 1.165) is 11.3 Å². The molecule has 4 aromatic rings. The van der Waals surface area contributed by atoms with Gasteiger partial charge in [0.25, 0.3) is 11.2 Å². The van der Waals surface area contributed by atoms with Crippen LogP contribution in [0.3, 0.4) is 0 Å². The van der Waals surface area contributed by atoms with Crippen LogP contribution in [0.1, 0.15) is 31.2 Å². The monoisotopic (exact) mass is 605 g/mol. The Bertz CT molecular complexity index is 1920. The number of benzene rings is 2. The van der Waals surface area contributed by atoms with Crippen molar-refractivity contribution < 1.29 is 33.1 Å². The van der Waals surface area contributed by atoms with Crippen molar-refractivity contribution in [3.8, 4) is 28.6 Å². The summed E-state index contributed by atoms with van der Waals surface area (Å²) in [6.45, 7) is 4.55. The Kier molecular flexibility index (Phi) is 8.44. The largest absolute Gasteiger partial charge is 0.496 e. The fourth-order valence-corrected chi connectivity index (χ4v) is 5.64. The van der Waals surface area contributed by atoms with Gasteiger partial charge in [-0.2, -0.15) is 0 Å². The first-order valence-electron chi connectivity index (χ1n) is 13.2. The van der Waals surface area contributed by atoms with E-state index >= 15 is 0 Å². The Morgan fingerprint density at radius 2 is 1.84 bits per heavy atom. The number of hydrogen-bond acceptors (Lipinski definition) is 11. The molecule has 0 saturated carbocycles. The van der Waals surface area contributed by atoms with Gasteiger partial charge in [-0.25, -0.2) is 9.79 Å². The number of nitro groups is 1. The number of thiazole rings is 1. The molecule has 43 heavy (non-hydrogen) atoms. The van der Waals surface area contributed by atoms with E-state index in [2.05, 4.69) is 4.99 Å². The number of esters is 1. The van der Waals surface area contributed by atoms with Gasteiger partial charge in [-0.3, -0.25) is 19.5 Å². The van der Waals surface area contributed by atoms with Gasteiger partial charge in [-0.05, 0) is 49.7 Å². The van der Waals surface area contributed by atoms with E-state index in [-0.39, 0.29) is 22.6 Å². The maximum Gasteiger partial charge on any atom is 0.337 e. The van der Waals surface area contributed by atoms with Gasteiger partial charge in [0.2, 0.25) is 0 Å². The fourth-order valence-electron chi connectivity index (χ4n) is 4.69. The van der Waals surface area contributed by atoms with Crippen LogP contribution in [0.25, 0.3) is 17.4 Å². The second-order valence-electron chi connectivity index (χ2n) is 9.09. The van der Waals surface area contributed by atoms with Crippen LogP contribution >= 0.6 is 11.3 Å². The van der Waals surface area contributed by atoms with Gasteiger partial charge in [0.1, 0.15) is 17.3 Å². The van der Waals surface area contributed by atoms with Crippen LogP contribution in [0.4, 0.5) is 5.69 Å². The van der Waals surface area contributed by atoms with Crippen molar-refractivity contribution in [2.75, 3.05) is 27.4 Å². The molecule has 5 rings (SSSR count). The lowest BCUT2D eigenvalue weighted by Crippen LogP contribution is -2.39. The molecule has 2 aromatic carbocycles. The topological polar surface area (TPSA) is 145 Å². The average Bonchev–Trinajstić information content (AvgIpc) is 3.61. The van der Waals surface area contributed by atoms with Crippen LogP contribution in [0.5, 0.6) is 17.2 Å². The van der Waals surface area contributed by atoms with Crippen LogP contribution in [0.2, 0.25) is 0 Å². The van der Waals surface area contributed by atoms with E-state index in [1.54, 1.807) is 36.4 Å². The molecule has 222 valence electrons. The molecule has 12 nitrogen and oxygen atoms in total. The van der Waals surface area contributed by atoms with E-state index in [0.29, 0.717) is 56.7 Å². The number of furan rings is 1. The van der Waals surface area contributed by atoms with E-state index in [9.17, 15) is 19.7 Å². The van der Waals surface area contributed by atoms with E-state index in [4.69, 9.17) is 23.4 Å². The molecule has 3 heterocycles. The van der Waals surface area contributed by atoms with Crippen LogP contribution in [0.15, 0.2) is 74.5 Å². The SMILES string of the molecule is CCOc1ccc([C@@H]2C(C(=O)OC)=CN=c3s/c(=C\c4ccc(-c5ccc([N+](=O)[O-])cc5OC)o4)c(=O)n32)cc1OCC. The van der Waals surface area contributed by atoms with Crippen molar-refractivity contribution in [3.63, 3.8) is 0 Å². The minimum atomic E-state index is -0.836. The summed E-state index contributed by atoms with van der Waals surface area (Å²) >= 11 is 1.14. The van der Waals surface area contributed by atoms with Crippen molar-refractivity contribution >= 4 is 29.1 Å². The van der Waals surface area contributed by atoms with Gasteiger partial charge < -0.3 is 23.4 Å². The summed E-state index contributed by atoms with van der Waals surface area (Å²) in [6.07, 6.45) is 2.99. The number of rotatable bonds is 10. The number of hydrogen-bond donors (Lipinski definition) is 0. The normalized spacial score (nSPS) is 14.4. The van der Waals surface area contributed by atoms with E-state index in [1.807, 2.05) is 13.8 Å². The summed E-state index contributed by atoms with van der Waals surface area (Å²) in [6, 6.07) is 12.0. The zero-order valence-corrected chi connectivity index (χ0v) is 24.5. The van der Waals surface area contributed by atoms with Gasteiger partial charge in [-0.15, -0.1) is 0 Å². The Morgan fingerprint density at radius 1 is 1.07 bits per heavy atom. The number of methoxy groups -OCH3 is 2. The van der Waals surface area contributed by atoms with E-state index in [1.165, 1.54) is 43.2 Å². The Balaban J connectivity index is 1.59. The lowest BCUT2D eigenvalue weighted by Gasteiger charge is -2.23. The highest BCUT2D eigenvalue weighted by Crippen LogP contribution is 2.36. The van der Waals surface area contributed by atoms with Crippen molar-refractivity contribution in [1.82, 2.24) is 4.57 Å². The maximum atomic E-state index is 13.8. The molecule has 13 heteroatoms. The highest BCUT2D eigenvalue weighted by molar-refractivity contribution is 7.07. The zero-order valence-electron chi connectivity index (χ0n) is 23.7. The quantitative estimate of drug-likeness (QED) is 0.149. The van der Waals surface area contributed by atoms with Crippen LogP contribution < -0.4 is 29.1 Å². The molecule has 0 aliphatic carbocycles. The summed E-state index contributed by atoms with van der Waals surface area (Å²) in [5.74, 6) is 1.44. The third-order valence-corrected chi connectivity index (χ3v) is 7.57. The highest BCUT2D eigenvalue weighted by Gasteiger charge is 2.31. The van der Waals surface area contributed by atoms with Crippen molar-refractivity contribution in [1.29, 1.82) is 0 Å². The lowest BCUT2D eigenvalue weighted by atomic mass is 9.97. The number of ether oxygens (including phenoxy) is 4. The summed E-state index contributed by atoms with van der Waals surface area (Å²) in [5, 5.41) is 11.2. The molecule has 0 radical (unpaired) electrons. The van der Waals surface area contributed by atoms with Crippen molar-refractivity contribution in [2.45, 2.75) is 19.9 Å². The van der Waals surface area contributed by atoms with Crippen LogP contribution in [-0.4, -0.2) is 42.9 Å². The molecule has 2 aromatic heterocycles. The minimum Gasteiger partial charge on any atom is -0.496 e. The number of carbonyl (C=O) groups is 1. The van der Waals surface area contributed by atoms with Gasteiger partial charge in [0, 0.05) is 18.3 Å². The fraction of sp³-hybridized carbons (Fsp3) is 0.233. The third-order valence-electron chi connectivity index (χ3n) is 6.57. The molecular formula is C30H27N3O9S. The first-order chi connectivity index (χ1) is 20.8. The maximum absolute atomic E-state index is 13.8. The Labute approximate surface area is 248 Å². The summed E-state index contributed by atoms with van der Waals surface area (Å²) in [5.41, 5.74) is 0.795. The first kappa shape index (κ1) is 29.3. The minimum absolute atomic E-state index is 0.115. The van der Waals surface area contributed by atoms with Crippen molar-refractivity contribution in [3.05, 3.63) is 101 Å². The van der Waals surface area contributed by atoms with E-state index < -0.39 is 16.9 Å². The summed E-state index contributed by atoms with van der Waals surface area (Å²) in [7, 11) is 2.68. The van der Waals surface area contributed by atoms with Gasteiger partial charge >= 0.3 is 5.97 Å². The molecule has 0 bridgehead atoms. The van der Waals surface area contributed by atoms with Crippen LogP contribution in [0, 0.1) is 10.1 Å². The predicted molar refractivity (Wildman–Crippen MR) is 157 cm³/mol. The number of fused-ring (bicyclic) bond motifs is 1. The number of nitrogens with zero attached hydrogens (tertiary/aromatic N) is 3. The molecule has 0 spiro atoms. The molecule has 1 aliphatic heterocycles. The Morgan fingerprint density at radius 3 is 2.53 bits per heavy atom. The summed E-state index contributed by atoms with van der Waals surface area (Å²) in [4.78, 5) is 42.1. The molecule has 1 aliphatic rings. The molecule has 0 amide bonds. The van der Waals surface area contributed by atoms with Gasteiger partial charge in [0.15, 0.2) is 16.3 Å². The molecule has 0 saturated heterocycles. The number of aromatic nitrogens is 1. The molecule has 0 unspecified atom stereocenters. The standard InChI is InChI=1S/C30H27N3O9S/c1-5-40-23-11-7-17(13-25(23)41-6-2)27-21(29(35)39-4)16-31-30-32(27)28(34)26(43-30)15-19-9-12-22(42-19)20-10-8-18(33(36)37)14-24(20)38-3/h7-16,27H,5-6H2,1-4H3/b26-15-/t27-/m1/s1. The molecule has 0 fully saturated rings. The van der Waals surface area contributed by atoms with Gasteiger partial charge in [-0.1, -0.05) is 17.4 Å². The molecular weight excluding hydrogens is 578 g/mol. The number of carbonyl (C=O) groups excluding carboxylic acids is 1. The van der Waals surface area contributed by atoms with Crippen molar-refractivity contribution in [2.24, 2.45) is 4.99 Å². The number of non-ortho nitro benzene ring substituents is 1. The molecule has 0 N–H and O–H groups in total. The zero-order chi connectivity index (χ0) is 30.7. The second-order valence-corrected chi connectivity index (χ2v) is 10.1. The highest BCUT2D eigenvalue weighted by atomic mass is 32.1. The number of nitro benzene ring substituents is 1. The average molecular weight is 606 g/mol. The molecule has 1 atom stereocenters. The third kappa shape index (κ3) is 5.66. The predicted octanol–water partition coefficient (Wildman–Crippen LogP) is 3.99. The lowest BCUT2D eigenvalue weighted by molar-refractivity contribution is -0.384. The Hall–Kier alpha value is -5.17. The first-order valence-corrected chi connectivity index (χ1v) is 14.0.